The largest absolute Gasteiger partial charge is 0.497 e. The third kappa shape index (κ3) is 3.63. The van der Waals surface area contributed by atoms with Gasteiger partial charge in [0.15, 0.2) is 0 Å². The van der Waals surface area contributed by atoms with Crippen molar-refractivity contribution >= 4 is 11.6 Å². The lowest BCUT2D eigenvalue weighted by Crippen LogP contribution is -2.06. The van der Waals surface area contributed by atoms with Gasteiger partial charge in [-0.15, -0.1) is 0 Å². The Labute approximate surface area is 140 Å². The van der Waals surface area contributed by atoms with Crippen molar-refractivity contribution in [2.45, 2.75) is 13.5 Å². The first-order chi connectivity index (χ1) is 11.7. The lowest BCUT2D eigenvalue weighted by Gasteiger charge is -2.10. The molecule has 5 heteroatoms. The number of hydrogen-bond donors (Lipinski definition) is 1. The van der Waals surface area contributed by atoms with Gasteiger partial charge in [-0.3, -0.25) is 4.79 Å². The number of rotatable bonds is 5. The summed E-state index contributed by atoms with van der Waals surface area (Å²) in [5.74, 6) is 1.60. The van der Waals surface area contributed by atoms with Crippen LogP contribution in [0.15, 0.2) is 60.9 Å². The number of nitrogens with one attached hydrogen (secondary N) is 1. The predicted octanol–water partition coefficient (Wildman–Crippen LogP) is 3.57. The number of hydrogen-bond acceptors (Lipinski definition) is 3. The molecule has 0 aliphatic heterocycles. The maximum absolute atomic E-state index is 11.2. The van der Waals surface area contributed by atoms with Crippen molar-refractivity contribution in [3.05, 3.63) is 66.5 Å². The van der Waals surface area contributed by atoms with E-state index in [-0.39, 0.29) is 5.91 Å². The molecule has 122 valence electrons. The van der Waals surface area contributed by atoms with Crippen LogP contribution >= 0.6 is 0 Å². The van der Waals surface area contributed by atoms with Gasteiger partial charge in [-0.2, -0.15) is 0 Å². The van der Waals surface area contributed by atoms with Crippen molar-refractivity contribution in [2.24, 2.45) is 0 Å². The van der Waals surface area contributed by atoms with Crippen LogP contribution in [0.1, 0.15) is 12.5 Å². The SMILES string of the molecule is COc1cccc(Cn2ccnc2-c2cccc(NC(C)=O)c2)c1. The van der Waals surface area contributed by atoms with E-state index < -0.39 is 0 Å². The molecule has 1 amide bonds. The third-order valence-electron chi connectivity index (χ3n) is 3.64. The highest BCUT2D eigenvalue weighted by molar-refractivity contribution is 5.89. The summed E-state index contributed by atoms with van der Waals surface area (Å²) in [5.41, 5.74) is 2.84. The normalized spacial score (nSPS) is 10.4. The summed E-state index contributed by atoms with van der Waals surface area (Å²) in [5, 5.41) is 2.80. The van der Waals surface area contributed by atoms with Crippen molar-refractivity contribution < 1.29 is 9.53 Å². The summed E-state index contributed by atoms with van der Waals surface area (Å²) in [6, 6.07) is 15.6. The van der Waals surface area contributed by atoms with E-state index in [0.717, 1.165) is 28.4 Å². The van der Waals surface area contributed by atoms with E-state index in [1.54, 1.807) is 13.3 Å². The predicted molar refractivity (Wildman–Crippen MR) is 94.1 cm³/mol. The number of aromatic nitrogens is 2. The lowest BCUT2D eigenvalue weighted by atomic mass is 10.1. The molecule has 2 aromatic carbocycles. The van der Waals surface area contributed by atoms with E-state index in [0.29, 0.717) is 6.54 Å². The van der Waals surface area contributed by atoms with Gasteiger partial charge >= 0.3 is 0 Å². The summed E-state index contributed by atoms with van der Waals surface area (Å²) in [6.07, 6.45) is 3.72. The molecule has 0 saturated heterocycles. The number of carbonyl (C=O) groups excluding carboxylic acids is 1. The van der Waals surface area contributed by atoms with E-state index >= 15 is 0 Å². The van der Waals surface area contributed by atoms with Gasteiger partial charge in [0.1, 0.15) is 11.6 Å². The molecule has 3 rings (SSSR count). The van der Waals surface area contributed by atoms with Crippen LogP contribution < -0.4 is 10.1 Å². The van der Waals surface area contributed by atoms with E-state index in [2.05, 4.69) is 20.9 Å². The minimum absolute atomic E-state index is 0.0909. The molecule has 0 aliphatic rings. The molecule has 0 aliphatic carbocycles. The average Bonchev–Trinajstić information content (AvgIpc) is 3.03. The molecule has 0 saturated carbocycles. The Kier molecular flexibility index (Phi) is 4.61. The van der Waals surface area contributed by atoms with Crippen LogP contribution in [0.4, 0.5) is 5.69 Å². The Morgan fingerprint density at radius 1 is 1.21 bits per heavy atom. The Hall–Kier alpha value is -3.08. The minimum atomic E-state index is -0.0909. The fraction of sp³-hybridized carbons (Fsp3) is 0.158. The van der Waals surface area contributed by atoms with Crippen molar-refractivity contribution in [3.63, 3.8) is 0 Å². The Balaban J connectivity index is 1.88. The molecule has 0 spiro atoms. The smallest absolute Gasteiger partial charge is 0.221 e. The topological polar surface area (TPSA) is 56.1 Å². The first kappa shape index (κ1) is 15.8. The van der Waals surface area contributed by atoms with Crippen LogP contribution in [0.2, 0.25) is 0 Å². The van der Waals surface area contributed by atoms with Gasteiger partial charge in [0, 0.05) is 37.1 Å². The van der Waals surface area contributed by atoms with Crippen LogP contribution in [0.5, 0.6) is 5.75 Å². The van der Waals surface area contributed by atoms with E-state index in [1.165, 1.54) is 6.92 Å². The second-order valence-corrected chi connectivity index (χ2v) is 5.49. The van der Waals surface area contributed by atoms with Crippen LogP contribution in [-0.2, 0) is 11.3 Å². The number of benzene rings is 2. The van der Waals surface area contributed by atoms with Gasteiger partial charge < -0.3 is 14.6 Å². The number of ether oxygens (including phenoxy) is 1. The molecule has 0 radical (unpaired) electrons. The second kappa shape index (κ2) is 7.00. The number of amides is 1. The van der Waals surface area contributed by atoms with Gasteiger partial charge in [-0.25, -0.2) is 4.98 Å². The van der Waals surface area contributed by atoms with Crippen LogP contribution in [-0.4, -0.2) is 22.6 Å². The molecular formula is C19H19N3O2. The Morgan fingerprint density at radius 3 is 2.83 bits per heavy atom. The zero-order chi connectivity index (χ0) is 16.9. The third-order valence-corrected chi connectivity index (χ3v) is 3.64. The summed E-state index contributed by atoms with van der Waals surface area (Å²) in [4.78, 5) is 15.7. The number of nitrogens with zero attached hydrogens (tertiary/aromatic N) is 2. The highest BCUT2D eigenvalue weighted by Crippen LogP contribution is 2.23. The van der Waals surface area contributed by atoms with Crippen molar-refractivity contribution in [1.82, 2.24) is 9.55 Å². The summed E-state index contributed by atoms with van der Waals surface area (Å²) < 4.78 is 7.35. The zero-order valence-electron chi connectivity index (χ0n) is 13.7. The average molecular weight is 321 g/mol. The number of carbonyl (C=O) groups is 1. The monoisotopic (exact) mass is 321 g/mol. The molecule has 0 bridgehead atoms. The first-order valence-corrected chi connectivity index (χ1v) is 7.68. The van der Waals surface area contributed by atoms with E-state index in [1.807, 2.05) is 48.7 Å². The fourth-order valence-corrected chi connectivity index (χ4v) is 2.60. The molecule has 0 atom stereocenters. The quantitative estimate of drug-likeness (QED) is 0.781. The minimum Gasteiger partial charge on any atom is -0.497 e. The summed E-state index contributed by atoms with van der Waals surface area (Å²) in [6.45, 7) is 2.19. The second-order valence-electron chi connectivity index (χ2n) is 5.49. The molecule has 0 fully saturated rings. The molecule has 24 heavy (non-hydrogen) atoms. The molecule has 1 N–H and O–H groups in total. The van der Waals surface area contributed by atoms with Gasteiger partial charge in [0.2, 0.25) is 5.91 Å². The molecule has 5 nitrogen and oxygen atoms in total. The Morgan fingerprint density at radius 2 is 2.04 bits per heavy atom. The standard InChI is InChI=1S/C19H19N3O2/c1-14(23)21-17-7-4-6-16(12-17)19-20-9-10-22(19)13-15-5-3-8-18(11-15)24-2/h3-12H,13H2,1-2H3,(H,21,23). The number of imidazole rings is 1. The molecule has 1 aromatic heterocycles. The fourth-order valence-electron chi connectivity index (χ4n) is 2.60. The summed E-state index contributed by atoms with van der Waals surface area (Å²) >= 11 is 0. The number of anilines is 1. The Bertz CT molecular complexity index is 855. The highest BCUT2D eigenvalue weighted by atomic mass is 16.5. The molecule has 3 aromatic rings. The summed E-state index contributed by atoms with van der Waals surface area (Å²) in [7, 11) is 1.66. The molecule has 1 heterocycles. The first-order valence-electron chi connectivity index (χ1n) is 7.68. The maximum atomic E-state index is 11.2. The van der Waals surface area contributed by atoms with Gasteiger partial charge in [0.25, 0.3) is 0 Å². The van der Waals surface area contributed by atoms with Crippen LogP contribution in [0.3, 0.4) is 0 Å². The molecular weight excluding hydrogens is 302 g/mol. The van der Waals surface area contributed by atoms with Crippen molar-refractivity contribution in [3.8, 4) is 17.1 Å². The van der Waals surface area contributed by atoms with E-state index in [9.17, 15) is 4.79 Å². The van der Waals surface area contributed by atoms with Crippen molar-refractivity contribution in [2.75, 3.05) is 12.4 Å². The highest BCUT2D eigenvalue weighted by Gasteiger charge is 2.08. The van der Waals surface area contributed by atoms with Gasteiger partial charge in [0.05, 0.1) is 7.11 Å². The van der Waals surface area contributed by atoms with Gasteiger partial charge in [-0.05, 0) is 29.8 Å². The van der Waals surface area contributed by atoms with Crippen molar-refractivity contribution in [1.29, 1.82) is 0 Å². The lowest BCUT2D eigenvalue weighted by molar-refractivity contribution is -0.114. The maximum Gasteiger partial charge on any atom is 0.221 e. The zero-order valence-corrected chi connectivity index (χ0v) is 13.7. The van der Waals surface area contributed by atoms with Crippen LogP contribution in [0, 0.1) is 0 Å². The molecule has 0 unspecified atom stereocenters. The van der Waals surface area contributed by atoms with E-state index in [4.69, 9.17) is 4.74 Å². The van der Waals surface area contributed by atoms with Gasteiger partial charge in [-0.1, -0.05) is 24.3 Å². The number of methoxy groups -OCH3 is 1. The van der Waals surface area contributed by atoms with Crippen LogP contribution in [0.25, 0.3) is 11.4 Å².